The molecule has 37 heavy (non-hydrogen) atoms. The SMILES string of the molecule is CCCN1c2cc(c3cccc4c3c2[CH-]C=C4)O[B-]12Oc1cc(c3cccc4cccc1c43)=[N+]2CCC. The molecular weight excluding hydrogens is 455 g/mol. The first-order valence-electron chi connectivity index (χ1n) is 13.5. The zero-order chi connectivity index (χ0) is 24.7. The molecule has 1 unspecified atom stereocenters. The highest BCUT2D eigenvalue weighted by Gasteiger charge is 2.57. The van der Waals surface area contributed by atoms with E-state index >= 15 is 0 Å². The van der Waals surface area contributed by atoms with Gasteiger partial charge in [0.15, 0.2) is 5.36 Å². The van der Waals surface area contributed by atoms with Crippen LogP contribution in [0.3, 0.4) is 0 Å². The van der Waals surface area contributed by atoms with Gasteiger partial charge in [-0.1, -0.05) is 73.5 Å². The van der Waals surface area contributed by atoms with Crippen LogP contribution in [-0.4, -0.2) is 19.9 Å². The van der Waals surface area contributed by atoms with Gasteiger partial charge in [0.25, 0.3) is 0 Å². The summed E-state index contributed by atoms with van der Waals surface area (Å²) < 4.78 is 16.8. The zero-order valence-electron chi connectivity index (χ0n) is 21.2. The molecule has 1 aliphatic carbocycles. The van der Waals surface area contributed by atoms with E-state index in [0.29, 0.717) is 0 Å². The minimum absolute atomic E-state index is 0.838. The Labute approximate surface area is 216 Å². The van der Waals surface area contributed by atoms with Crippen molar-refractivity contribution in [2.24, 2.45) is 0 Å². The Bertz CT molecular complexity index is 1860. The largest absolute Gasteiger partial charge is 0.762 e. The van der Waals surface area contributed by atoms with Crippen LogP contribution in [0.2, 0.25) is 0 Å². The summed E-state index contributed by atoms with van der Waals surface area (Å²) in [6, 6.07) is 24.1. The molecule has 0 fully saturated rings. The summed E-state index contributed by atoms with van der Waals surface area (Å²) in [5.74, 6) is 1.81. The topological polar surface area (TPSA) is 24.7 Å². The molecule has 8 rings (SSSR count). The Morgan fingerprint density at radius 2 is 1.57 bits per heavy atom. The average molecular weight is 483 g/mol. The third kappa shape index (κ3) is 2.64. The molecule has 2 heterocycles. The van der Waals surface area contributed by atoms with Gasteiger partial charge in [-0.25, -0.2) is 0 Å². The number of hydrogen-bond donors (Lipinski definition) is 0. The van der Waals surface area contributed by atoms with Crippen LogP contribution < -0.4 is 24.0 Å². The lowest BCUT2D eigenvalue weighted by molar-refractivity contribution is 0.327. The lowest BCUT2D eigenvalue weighted by atomic mass is 9.75. The van der Waals surface area contributed by atoms with E-state index in [1.807, 2.05) is 0 Å². The van der Waals surface area contributed by atoms with Crippen molar-refractivity contribution in [3.05, 3.63) is 95.7 Å². The number of allylic oxidation sites excluding steroid dienone is 1. The van der Waals surface area contributed by atoms with Gasteiger partial charge < -0.3 is 18.6 Å². The van der Waals surface area contributed by atoms with Gasteiger partial charge in [0.05, 0.1) is 11.5 Å². The fraction of sp³-hybridized carbons (Fsp3) is 0.188. The standard InChI is InChI=1S/C32H28BN2O2/c1-3-17-34-27-19-29(25-15-7-11-21-9-5-13-23(27)31(21)25)36-33(34)35(18-4-2)28-20-30(37-33)26-16-8-12-22-10-6-14-24(28)32(22)26/h5-16,19-20H,3-4,17-18H2,1-2H3/q-1. The van der Waals surface area contributed by atoms with Crippen molar-refractivity contribution in [1.29, 1.82) is 0 Å². The quantitative estimate of drug-likeness (QED) is 0.216. The van der Waals surface area contributed by atoms with Crippen molar-refractivity contribution in [2.45, 2.75) is 26.7 Å². The van der Waals surface area contributed by atoms with Crippen molar-refractivity contribution in [2.75, 3.05) is 17.9 Å². The van der Waals surface area contributed by atoms with Gasteiger partial charge in [0.1, 0.15) is 6.54 Å². The van der Waals surface area contributed by atoms with Crippen molar-refractivity contribution in [3.8, 4) is 11.5 Å². The third-order valence-corrected chi connectivity index (χ3v) is 8.32. The molecule has 0 N–H and O–H groups in total. The molecule has 5 aromatic carbocycles. The fourth-order valence-corrected chi connectivity index (χ4v) is 6.93. The van der Waals surface area contributed by atoms with Crippen LogP contribution in [0.5, 0.6) is 11.5 Å². The summed E-state index contributed by atoms with van der Waals surface area (Å²) in [7, 11) is 0. The summed E-state index contributed by atoms with van der Waals surface area (Å²) in [6.07, 6.45) is 8.59. The molecular formula is C32H28BN2O2-. The summed E-state index contributed by atoms with van der Waals surface area (Å²) in [5.41, 5.74) is 3.69. The number of nitrogens with zero attached hydrogens (tertiary/aromatic N) is 2. The van der Waals surface area contributed by atoms with E-state index in [1.54, 1.807) is 0 Å². The predicted molar refractivity (Wildman–Crippen MR) is 154 cm³/mol. The van der Waals surface area contributed by atoms with E-state index < -0.39 is 6.82 Å². The number of hydrogen-bond acceptors (Lipinski definition) is 3. The summed E-state index contributed by atoms with van der Waals surface area (Å²) in [6.45, 7) is 4.11. The lowest BCUT2D eigenvalue weighted by Gasteiger charge is -2.53. The van der Waals surface area contributed by atoms with Crippen molar-refractivity contribution in [1.82, 2.24) is 4.49 Å². The minimum Gasteiger partial charge on any atom is -0.603 e. The second-order valence-corrected chi connectivity index (χ2v) is 10.5. The molecule has 182 valence electrons. The third-order valence-electron chi connectivity index (χ3n) is 8.32. The molecule has 4 nitrogen and oxygen atoms in total. The Kier molecular flexibility index (Phi) is 4.23. The number of fused-ring (bicyclic) bond motifs is 8. The van der Waals surface area contributed by atoms with Crippen LogP contribution in [0.4, 0.5) is 5.69 Å². The smallest absolute Gasteiger partial charge is 0.603 e. The van der Waals surface area contributed by atoms with Crippen molar-refractivity contribution < 1.29 is 9.31 Å². The highest BCUT2D eigenvalue weighted by molar-refractivity contribution is 6.72. The lowest BCUT2D eigenvalue weighted by Crippen LogP contribution is -2.77. The Balaban J connectivity index is 1.50. The average Bonchev–Trinajstić information content (AvgIpc) is 2.93. The van der Waals surface area contributed by atoms with E-state index in [1.165, 1.54) is 43.7 Å². The fourth-order valence-electron chi connectivity index (χ4n) is 6.93. The summed E-state index contributed by atoms with van der Waals surface area (Å²) >= 11 is 0. The van der Waals surface area contributed by atoms with E-state index in [2.05, 4.69) is 108 Å². The van der Waals surface area contributed by atoms with Crippen LogP contribution >= 0.6 is 0 Å². The van der Waals surface area contributed by atoms with Gasteiger partial charge in [-0.05, 0) is 42.3 Å². The monoisotopic (exact) mass is 483 g/mol. The highest BCUT2D eigenvalue weighted by atomic mass is 16.6. The molecule has 0 saturated carbocycles. The molecule has 0 radical (unpaired) electrons. The van der Waals surface area contributed by atoms with Crippen LogP contribution in [0.25, 0.3) is 38.4 Å². The number of benzene rings is 5. The molecule has 5 heteroatoms. The van der Waals surface area contributed by atoms with E-state index in [-0.39, 0.29) is 0 Å². The molecule has 2 aliphatic heterocycles. The first-order chi connectivity index (χ1) is 18.2. The minimum atomic E-state index is -2.03. The zero-order valence-corrected chi connectivity index (χ0v) is 21.2. The van der Waals surface area contributed by atoms with Gasteiger partial charge >= 0.3 is 6.82 Å². The summed E-state index contributed by atoms with van der Waals surface area (Å²) in [4.78, 5) is 2.42. The highest BCUT2D eigenvalue weighted by Crippen LogP contribution is 2.47. The Morgan fingerprint density at radius 1 is 0.838 bits per heavy atom. The maximum Gasteiger partial charge on any atom is 0.762 e. The molecule has 0 amide bonds. The Morgan fingerprint density at radius 3 is 2.35 bits per heavy atom. The van der Waals surface area contributed by atoms with Gasteiger partial charge in [0, 0.05) is 22.2 Å². The first-order valence-corrected chi connectivity index (χ1v) is 13.5. The maximum atomic E-state index is 7.18. The molecule has 1 atom stereocenters. The van der Waals surface area contributed by atoms with Crippen LogP contribution in [-0.2, 0) is 0 Å². The second-order valence-electron chi connectivity index (χ2n) is 10.5. The Hall–Kier alpha value is -4.12. The molecule has 5 aromatic rings. The molecule has 1 spiro atoms. The molecule has 0 aromatic heterocycles. The van der Waals surface area contributed by atoms with Crippen LogP contribution in [0.15, 0.2) is 72.8 Å². The van der Waals surface area contributed by atoms with Gasteiger partial charge in [0.2, 0.25) is 0 Å². The van der Waals surface area contributed by atoms with Gasteiger partial charge in [-0.15, -0.1) is 29.7 Å². The second kappa shape index (κ2) is 7.45. The predicted octanol–water partition coefficient (Wildman–Crippen LogP) is 6.48. The summed E-state index contributed by atoms with van der Waals surface area (Å²) in [5, 5.41) is 8.52. The van der Waals surface area contributed by atoms with Crippen molar-refractivity contribution >= 4 is 50.9 Å². The van der Waals surface area contributed by atoms with Gasteiger partial charge in [-0.3, -0.25) is 0 Å². The van der Waals surface area contributed by atoms with E-state index in [9.17, 15) is 0 Å². The number of anilines is 1. The normalized spacial score (nSPS) is 19.0. The van der Waals surface area contributed by atoms with Crippen LogP contribution in [0.1, 0.15) is 37.8 Å². The first kappa shape index (κ1) is 21.0. The van der Waals surface area contributed by atoms with Gasteiger partial charge in [-0.2, -0.15) is 0 Å². The van der Waals surface area contributed by atoms with Crippen LogP contribution in [0, 0.1) is 6.42 Å². The molecule has 4 bridgehead atoms. The molecule has 3 aliphatic rings. The van der Waals surface area contributed by atoms with E-state index in [0.717, 1.165) is 48.2 Å². The molecule has 0 saturated heterocycles. The maximum absolute atomic E-state index is 7.18. The van der Waals surface area contributed by atoms with E-state index in [4.69, 9.17) is 9.31 Å². The number of rotatable bonds is 4. The van der Waals surface area contributed by atoms with Crippen molar-refractivity contribution in [3.63, 3.8) is 0 Å².